The van der Waals surface area contributed by atoms with Gasteiger partial charge in [-0.15, -0.1) is 0 Å². The number of rotatable bonds is 4. The molecule has 1 aromatic carbocycles. The van der Waals surface area contributed by atoms with E-state index in [9.17, 15) is 9.59 Å². The molecule has 0 spiro atoms. The summed E-state index contributed by atoms with van der Waals surface area (Å²) < 4.78 is 0. The fourth-order valence-corrected chi connectivity index (χ4v) is 5.56. The summed E-state index contributed by atoms with van der Waals surface area (Å²) in [5.74, 6) is 2.48. The number of nitrogens with one attached hydrogen (secondary N) is 2. The number of benzene rings is 1. The zero-order chi connectivity index (χ0) is 16.0. The molecule has 122 valence electrons. The summed E-state index contributed by atoms with van der Waals surface area (Å²) in [6, 6.07) is 5.63. The summed E-state index contributed by atoms with van der Waals surface area (Å²) in [5.41, 5.74) is 2.42. The zero-order valence-electron chi connectivity index (χ0n) is 13.6. The molecule has 2 N–H and O–H groups in total. The van der Waals surface area contributed by atoms with Gasteiger partial charge in [-0.3, -0.25) is 9.59 Å². The van der Waals surface area contributed by atoms with Gasteiger partial charge >= 0.3 is 0 Å². The normalized spacial score (nSPS) is 34.2. The Morgan fingerprint density at radius 3 is 2.30 bits per heavy atom. The number of carbonyl (C=O) groups excluding carboxylic acids is 2. The van der Waals surface area contributed by atoms with Crippen molar-refractivity contribution in [2.45, 2.75) is 45.4 Å². The molecule has 1 aromatic rings. The summed E-state index contributed by atoms with van der Waals surface area (Å²) in [6.45, 7) is 1.99. The Balaban J connectivity index is 1.56. The second-order valence-electron chi connectivity index (χ2n) is 7.94. The van der Waals surface area contributed by atoms with E-state index < -0.39 is 0 Å². The SMILES string of the molecule is Cc1ccc(NC=O)cc1NC(=O)C12CC3CC(CC(C3)C1)C2. The molecule has 4 nitrogen and oxygen atoms in total. The number of amides is 2. The van der Waals surface area contributed by atoms with Crippen molar-refractivity contribution in [1.82, 2.24) is 0 Å². The largest absolute Gasteiger partial charge is 0.329 e. The maximum Gasteiger partial charge on any atom is 0.230 e. The van der Waals surface area contributed by atoms with Crippen molar-refractivity contribution in [1.29, 1.82) is 0 Å². The van der Waals surface area contributed by atoms with Gasteiger partial charge in [-0.05, 0) is 80.9 Å². The first kappa shape index (κ1) is 14.7. The van der Waals surface area contributed by atoms with E-state index in [4.69, 9.17) is 0 Å². The molecule has 0 atom stereocenters. The molecule has 5 rings (SSSR count). The standard InChI is InChI=1S/C19H24N2O2/c1-12-2-3-16(20-11-22)7-17(12)21-18(23)19-8-13-4-14(9-19)6-15(5-13)10-19/h2-3,7,11,13-15H,4-6,8-10H2,1H3,(H,20,22)(H,21,23). The van der Waals surface area contributed by atoms with E-state index in [1.807, 2.05) is 25.1 Å². The number of hydrogen-bond donors (Lipinski definition) is 2. The second-order valence-corrected chi connectivity index (χ2v) is 7.94. The quantitative estimate of drug-likeness (QED) is 0.833. The summed E-state index contributed by atoms with van der Waals surface area (Å²) in [6.07, 6.45) is 7.87. The Labute approximate surface area is 137 Å². The van der Waals surface area contributed by atoms with Crippen molar-refractivity contribution in [3.63, 3.8) is 0 Å². The van der Waals surface area contributed by atoms with Gasteiger partial charge in [-0.25, -0.2) is 0 Å². The predicted molar refractivity (Wildman–Crippen MR) is 90.1 cm³/mol. The van der Waals surface area contributed by atoms with Gasteiger partial charge in [0.15, 0.2) is 0 Å². The molecule has 23 heavy (non-hydrogen) atoms. The van der Waals surface area contributed by atoms with Crippen molar-refractivity contribution in [2.75, 3.05) is 10.6 Å². The monoisotopic (exact) mass is 312 g/mol. The fraction of sp³-hybridized carbons (Fsp3) is 0.579. The third-order valence-electron chi connectivity index (χ3n) is 6.23. The Morgan fingerprint density at radius 1 is 1.13 bits per heavy atom. The summed E-state index contributed by atoms with van der Waals surface area (Å²) in [7, 11) is 0. The zero-order valence-corrected chi connectivity index (χ0v) is 13.6. The Hall–Kier alpha value is -1.84. The van der Waals surface area contributed by atoms with E-state index in [-0.39, 0.29) is 11.3 Å². The highest BCUT2D eigenvalue weighted by molar-refractivity contribution is 5.97. The van der Waals surface area contributed by atoms with E-state index >= 15 is 0 Å². The first-order valence-corrected chi connectivity index (χ1v) is 8.70. The van der Waals surface area contributed by atoms with Crippen LogP contribution in [0.25, 0.3) is 0 Å². The van der Waals surface area contributed by atoms with Crippen LogP contribution >= 0.6 is 0 Å². The maximum atomic E-state index is 13.1. The summed E-state index contributed by atoms with van der Waals surface area (Å²) in [4.78, 5) is 23.7. The number of aryl methyl sites for hydroxylation is 1. The van der Waals surface area contributed by atoms with Crippen molar-refractivity contribution < 1.29 is 9.59 Å². The molecule has 0 unspecified atom stereocenters. The van der Waals surface area contributed by atoms with Gasteiger partial charge in [-0.1, -0.05) is 6.07 Å². The van der Waals surface area contributed by atoms with Crippen LogP contribution in [0.2, 0.25) is 0 Å². The second kappa shape index (κ2) is 5.36. The van der Waals surface area contributed by atoms with Crippen molar-refractivity contribution in [3.8, 4) is 0 Å². The van der Waals surface area contributed by atoms with Gasteiger partial charge < -0.3 is 10.6 Å². The predicted octanol–water partition coefficient (Wildman–Crippen LogP) is 3.72. The average Bonchev–Trinajstić information content (AvgIpc) is 2.49. The van der Waals surface area contributed by atoms with Crippen molar-refractivity contribution >= 4 is 23.7 Å². The van der Waals surface area contributed by atoms with Crippen LogP contribution < -0.4 is 10.6 Å². The van der Waals surface area contributed by atoms with Gasteiger partial charge in [0.1, 0.15) is 0 Å². The average molecular weight is 312 g/mol. The molecule has 4 saturated carbocycles. The number of carbonyl (C=O) groups is 2. The van der Waals surface area contributed by atoms with Crippen LogP contribution in [0.15, 0.2) is 18.2 Å². The molecule has 4 aliphatic carbocycles. The summed E-state index contributed by atoms with van der Waals surface area (Å²) in [5, 5.41) is 5.82. The van der Waals surface area contributed by atoms with Crippen LogP contribution in [0, 0.1) is 30.1 Å². The molecule has 0 aromatic heterocycles. The lowest BCUT2D eigenvalue weighted by Gasteiger charge is -2.55. The highest BCUT2D eigenvalue weighted by atomic mass is 16.2. The molecule has 0 aliphatic heterocycles. The highest BCUT2D eigenvalue weighted by Crippen LogP contribution is 2.60. The molecule has 4 heteroatoms. The maximum absolute atomic E-state index is 13.1. The van der Waals surface area contributed by atoms with Gasteiger partial charge in [0, 0.05) is 11.4 Å². The van der Waals surface area contributed by atoms with Crippen LogP contribution in [-0.4, -0.2) is 12.3 Å². The van der Waals surface area contributed by atoms with E-state index in [2.05, 4.69) is 10.6 Å². The Morgan fingerprint density at radius 2 is 1.74 bits per heavy atom. The number of anilines is 2. The van der Waals surface area contributed by atoms with E-state index in [1.54, 1.807) is 0 Å². The van der Waals surface area contributed by atoms with Crippen LogP contribution in [0.5, 0.6) is 0 Å². The third-order valence-corrected chi connectivity index (χ3v) is 6.23. The van der Waals surface area contributed by atoms with Crippen LogP contribution in [-0.2, 0) is 9.59 Å². The Bertz CT molecular complexity index is 617. The van der Waals surface area contributed by atoms with Crippen LogP contribution in [0.3, 0.4) is 0 Å². The molecular weight excluding hydrogens is 288 g/mol. The topological polar surface area (TPSA) is 58.2 Å². The Kier molecular flexibility index (Phi) is 3.43. The van der Waals surface area contributed by atoms with Gasteiger partial charge in [0.2, 0.25) is 12.3 Å². The minimum Gasteiger partial charge on any atom is -0.329 e. The summed E-state index contributed by atoms with van der Waals surface area (Å²) >= 11 is 0. The molecule has 0 saturated heterocycles. The fourth-order valence-electron chi connectivity index (χ4n) is 5.56. The number of hydrogen-bond acceptors (Lipinski definition) is 2. The minimum atomic E-state index is -0.144. The highest BCUT2D eigenvalue weighted by Gasteiger charge is 2.54. The van der Waals surface area contributed by atoms with Gasteiger partial charge in [-0.2, -0.15) is 0 Å². The van der Waals surface area contributed by atoms with E-state index in [0.29, 0.717) is 12.1 Å². The molecule has 4 bridgehead atoms. The van der Waals surface area contributed by atoms with Crippen molar-refractivity contribution in [2.24, 2.45) is 23.2 Å². The van der Waals surface area contributed by atoms with Crippen LogP contribution in [0.4, 0.5) is 11.4 Å². The van der Waals surface area contributed by atoms with E-state index in [1.165, 1.54) is 19.3 Å². The minimum absolute atomic E-state index is 0.144. The smallest absolute Gasteiger partial charge is 0.230 e. The molecular formula is C19H24N2O2. The van der Waals surface area contributed by atoms with E-state index in [0.717, 1.165) is 48.3 Å². The van der Waals surface area contributed by atoms with Gasteiger partial charge in [0.25, 0.3) is 0 Å². The lowest BCUT2D eigenvalue weighted by molar-refractivity contribution is -0.140. The van der Waals surface area contributed by atoms with Gasteiger partial charge in [0.05, 0.1) is 5.41 Å². The lowest BCUT2D eigenvalue weighted by Crippen LogP contribution is -2.51. The first-order valence-electron chi connectivity index (χ1n) is 8.70. The third kappa shape index (κ3) is 2.54. The molecule has 0 heterocycles. The van der Waals surface area contributed by atoms with Crippen molar-refractivity contribution in [3.05, 3.63) is 23.8 Å². The van der Waals surface area contributed by atoms with Crippen LogP contribution in [0.1, 0.15) is 44.1 Å². The lowest BCUT2D eigenvalue weighted by atomic mass is 9.49. The molecule has 0 radical (unpaired) electrons. The molecule has 4 aliphatic rings. The molecule has 4 fully saturated rings. The molecule has 2 amide bonds. The first-order chi connectivity index (χ1) is 11.1.